The monoisotopic (exact) mass is 192 g/mol. The van der Waals surface area contributed by atoms with Gasteiger partial charge in [0, 0.05) is 6.20 Å². The van der Waals surface area contributed by atoms with Crippen LogP contribution in [0.4, 0.5) is 14.5 Å². The first-order valence-corrected chi connectivity index (χ1v) is 3.60. The number of aromatic nitrogens is 1. The lowest BCUT2D eigenvalue weighted by molar-refractivity contribution is 0.152. The summed E-state index contributed by atoms with van der Waals surface area (Å²) in [5, 5.41) is 0.104. The highest BCUT2D eigenvalue weighted by atomic mass is 35.5. The Kier molecular flexibility index (Phi) is 2.47. The topological polar surface area (TPSA) is 38.9 Å². The van der Waals surface area contributed by atoms with Gasteiger partial charge in [0.25, 0.3) is 6.43 Å². The van der Waals surface area contributed by atoms with E-state index in [9.17, 15) is 8.78 Å². The molecule has 0 spiro atoms. The summed E-state index contributed by atoms with van der Waals surface area (Å²) < 4.78 is 24.3. The van der Waals surface area contributed by atoms with Gasteiger partial charge in [-0.05, 0) is 6.92 Å². The molecular formula is C7H7ClF2N2. The van der Waals surface area contributed by atoms with E-state index < -0.39 is 6.43 Å². The first-order valence-electron chi connectivity index (χ1n) is 3.22. The Hall–Kier alpha value is -0.900. The fourth-order valence-electron chi connectivity index (χ4n) is 0.788. The molecule has 0 fully saturated rings. The Morgan fingerprint density at radius 1 is 1.58 bits per heavy atom. The molecule has 2 nitrogen and oxygen atoms in total. The largest absolute Gasteiger partial charge is 0.397 e. The summed E-state index contributed by atoms with van der Waals surface area (Å²) in [6.45, 7) is 1.61. The van der Waals surface area contributed by atoms with Crippen LogP contribution in [0, 0.1) is 6.92 Å². The standard InChI is InChI=1S/C7H7ClF2N2/c1-3-5(8)6(11)4(2-12-3)7(9)10/h2,7H,1H3,(H2,11,12). The average molecular weight is 193 g/mol. The number of alkyl halides is 2. The van der Waals surface area contributed by atoms with Crippen LogP contribution >= 0.6 is 11.6 Å². The third-order valence-electron chi connectivity index (χ3n) is 1.50. The molecule has 0 aliphatic heterocycles. The van der Waals surface area contributed by atoms with Gasteiger partial charge in [0.2, 0.25) is 0 Å². The van der Waals surface area contributed by atoms with Crippen molar-refractivity contribution in [2.45, 2.75) is 13.3 Å². The van der Waals surface area contributed by atoms with E-state index in [-0.39, 0.29) is 16.3 Å². The molecule has 0 amide bonds. The van der Waals surface area contributed by atoms with Crippen LogP contribution in [-0.4, -0.2) is 4.98 Å². The first kappa shape index (κ1) is 9.19. The predicted octanol–water partition coefficient (Wildman–Crippen LogP) is 2.56. The molecule has 0 aliphatic rings. The molecule has 0 radical (unpaired) electrons. The second kappa shape index (κ2) is 3.23. The molecule has 0 saturated heterocycles. The number of anilines is 1. The molecule has 1 heterocycles. The summed E-state index contributed by atoms with van der Waals surface area (Å²) in [7, 11) is 0. The molecule has 0 aromatic carbocycles. The fourth-order valence-corrected chi connectivity index (χ4v) is 0.946. The Morgan fingerprint density at radius 3 is 2.67 bits per heavy atom. The van der Waals surface area contributed by atoms with E-state index in [1.165, 1.54) is 0 Å². The number of aryl methyl sites for hydroxylation is 1. The Balaban J connectivity index is 3.27. The number of nitrogens with zero attached hydrogens (tertiary/aromatic N) is 1. The third kappa shape index (κ3) is 1.48. The zero-order valence-corrected chi connectivity index (χ0v) is 7.07. The number of nitrogens with two attached hydrogens (primary N) is 1. The van der Waals surface area contributed by atoms with Gasteiger partial charge in [0.05, 0.1) is 22.0 Å². The van der Waals surface area contributed by atoms with E-state index in [4.69, 9.17) is 17.3 Å². The molecule has 0 atom stereocenters. The van der Waals surface area contributed by atoms with Gasteiger partial charge in [-0.25, -0.2) is 8.78 Å². The van der Waals surface area contributed by atoms with Crippen molar-refractivity contribution in [3.8, 4) is 0 Å². The van der Waals surface area contributed by atoms with Gasteiger partial charge >= 0.3 is 0 Å². The van der Waals surface area contributed by atoms with Gasteiger partial charge < -0.3 is 5.73 Å². The predicted molar refractivity (Wildman–Crippen MR) is 43.4 cm³/mol. The maximum atomic E-state index is 12.2. The molecule has 0 unspecified atom stereocenters. The maximum Gasteiger partial charge on any atom is 0.267 e. The first-order chi connectivity index (χ1) is 5.54. The molecule has 1 rings (SSSR count). The van der Waals surface area contributed by atoms with Gasteiger partial charge in [-0.1, -0.05) is 11.6 Å². The van der Waals surface area contributed by atoms with Crippen molar-refractivity contribution in [1.29, 1.82) is 0 Å². The second-order valence-corrected chi connectivity index (χ2v) is 2.71. The van der Waals surface area contributed by atoms with E-state index >= 15 is 0 Å². The quantitative estimate of drug-likeness (QED) is 0.743. The van der Waals surface area contributed by atoms with Crippen molar-refractivity contribution in [1.82, 2.24) is 4.98 Å². The molecule has 2 N–H and O–H groups in total. The summed E-state index contributed by atoms with van der Waals surface area (Å²) in [6, 6.07) is 0. The van der Waals surface area contributed by atoms with Crippen molar-refractivity contribution in [2.24, 2.45) is 0 Å². The highest BCUT2D eigenvalue weighted by Gasteiger charge is 2.15. The summed E-state index contributed by atoms with van der Waals surface area (Å²) in [4.78, 5) is 3.67. The summed E-state index contributed by atoms with van der Waals surface area (Å²) in [5.74, 6) is 0. The highest BCUT2D eigenvalue weighted by molar-refractivity contribution is 6.33. The van der Waals surface area contributed by atoms with Crippen molar-refractivity contribution in [3.05, 3.63) is 22.5 Å². The van der Waals surface area contributed by atoms with Gasteiger partial charge in [-0.3, -0.25) is 4.98 Å². The van der Waals surface area contributed by atoms with E-state index in [1.54, 1.807) is 6.92 Å². The molecular weight excluding hydrogens is 186 g/mol. The summed E-state index contributed by atoms with van der Waals surface area (Å²) in [5.41, 5.74) is 5.39. The van der Waals surface area contributed by atoms with Crippen molar-refractivity contribution < 1.29 is 8.78 Å². The fraction of sp³-hybridized carbons (Fsp3) is 0.286. The van der Waals surface area contributed by atoms with Gasteiger partial charge in [-0.15, -0.1) is 0 Å². The number of rotatable bonds is 1. The van der Waals surface area contributed by atoms with E-state index in [0.717, 1.165) is 6.20 Å². The van der Waals surface area contributed by atoms with Crippen LogP contribution in [-0.2, 0) is 0 Å². The Bertz CT molecular complexity index is 302. The molecule has 1 aromatic rings. The molecule has 66 valence electrons. The van der Waals surface area contributed by atoms with Crippen molar-refractivity contribution >= 4 is 17.3 Å². The molecule has 0 bridgehead atoms. The zero-order valence-electron chi connectivity index (χ0n) is 6.31. The number of halogens is 3. The minimum Gasteiger partial charge on any atom is -0.397 e. The summed E-state index contributed by atoms with van der Waals surface area (Å²) in [6.07, 6.45) is -1.59. The number of hydrogen-bond acceptors (Lipinski definition) is 2. The average Bonchev–Trinajstić information content (AvgIpc) is 2.00. The lowest BCUT2D eigenvalue weighted by Gasteiger charge is -2.06. The number of hydrogen-bond donors (Lipinski definition) is 1. The van der Waals surface area contributed by atoms with Gasteiger partial charge in [-0.2, -0.15) is 0 Å². The number of nitrogen functional groups attached to an aromatic ring is 1. The molecule has 1 aromatic heterocycles. The van der Waals surface area contributed by atoms with E-state index in [0.29, 0.717) is 5.69 Å². The van der Waals surface area contributed by atoms with Gasteiger partial charge in [0.1, 0.15) is 0 Å². The normalized spacial score (nSPS) is 10.8. The lowest BCUT2D eigenvalue weighted by Crippen LogP contribution is -1.99. The van der Waals surface area contributed by atoms with Crippen molar-refractivity contribution in [2.75, 3.05) is 5.73 Å². The lowest BCUT2D eigenvalue weighted by atomic mass is 10.2. The molecule has 0 saturated carbocycles. The SMILES string of the molecule is Cc1ncc(C(F)F)c(N)c1Cl. The van der Waals surface area contributed by atoms with Crippen molar-refractivity contribution in [3.63, 3.8) is 0 Å². The highest BCUT2D eigenvalue weighted by Crippen LogP contribution is 2.31. The Morgan fingerprint density at radius 2 is 2.17 bits per heavy atom. The van der Waals surface area contributed by atoms with Gasteiger partial charge in [0.15, 0.2) is 0 Å². The minimum atomic E-state index is -2.63. The molecule has 0 aliphatic carbocycles. The van der Waals surface area contributed by atoms with Crippen LogP contribution in [0.1, 0.15) is 17.7 Å². The minimum absolute atomic E-state index is 0.0841. The van der Waals surface area contributed by atoms with Crippen LogP contribution in [0.5, 0.6) is 0 Å². The molecule has 5 heteroatoms. The number of pyridine rings is 1. The van der Waals surface area contributed by atoms with E-state index in [2.05, 4.69) is 4.98 Å². The Labute approximate surface area is 73.4 Å². The van der Waals surface area contributed by atoms with Crippen LogP contribution in [0.2, 0.25) is 5.02 Å². The van der Waals surface area contributed by atoms with Crippen LogP contribution in [0.3, 0.4) is 0 Å². The van der Waals surface area contributed by atoms with Crippen LogP contribution < -0.4 is 5.73 Å². The van der Waals surface area contributed by atoms with Crippen LogP contribution in [0.15, 0.2) is 6.20 Å². The van der Waals surface area contributed by atoms with E-state index in [1.807, 2.05) is 0 Å². The zero-order chi connectivity index (χ0) is 9.30. The second-order valence-electron chi connectivity index (χ2n) is 2.33. The maximum absolute atomic E-state index is 12.2. The smallest absolute Gasteiger partial charge is 0.267 e. The van der Waals surface area contributed by atoms with Crippen LogP contribution in [0.25, 0.3) is 0 Å². The third-order valence-corrected chi connectivity index (χ3v) is 1.97. The summed E-state index contributed by atoms with van der Waals surface area (Å²) >= 11 is 5.61. The molecule has 12 heavy (non-hydrogen) atoms.